The highest BCUT2D eigenvalue weighted by molar-refractivity contribution is 5.84. The summed E-state index contributed by atoms with van der Waals surface area (Å²) in [5, 5.41) is 0. The van der Waals surface area contributed by atoms with Crippen LogP contribution in [0.1, 0.15) is 92.2 Å². The van der Waals surface area contributed by atoms with Gasteiger partial charge in [-0.25, -0.2) is 0 Å². The number of para-hydroxylation sites is 2. The molecule has 8 rings (SSSR count). The van der Waals surface area contributed by atoms with Gasteiger partial charge >= 0.3 is 0 Å². The van der Waals surface area contributed by atoms with Crippen molar-refractivity contribution in [2.45, 2.75) is 83.7 Å². The zero-order valence-corrected chi connectivity index (χ0v) is 26.0. The number of hydrogen-bond acceptors (Lipinski definition) is 2. The largest absolute Gasteiger partial charge is 0.338 e. The average Bonchev–Trinajstić information content (AvgIpc) is 3.52. The molecule has 0 N–H and O–H groups in total. The van der Waals surface area contributed by atoms with Crippen molar-refractivity contribution in [3.8, 4) is 0 Å². The van der Waals surface area contributed by atoms with Crippen molar-refractivity contribution in [2.24, 2.45) is 0 Å². The van der Waals surface area contributed by atoms with Crippen LogP contribution >= 0.6 is 0 Å². The maximum atomic E-state index is 2.61. The van der Waals surface area contributed by atoms with Crippen molar-refractivity contribution in [3.63, 3.8) is 0 Å². The second-order valence-electron chi connectivity index (χ2n) is 13.5. The minimum Gasteiger partial charge on any atom is -0.338 e. The normalized spacial score (nSPS) is 23.7. The fourth-order valence-corrected chi connectivity index (χ4v) is 8.60. The van der Waals surface area contributed by atoms with E-state index in [-0.39, 0.29) is 0 Å². The number of aryl methyl sites for hydroxylation is 2. The number of nitrogens with zero attached hydrogens (tertiary/aromatic N) is 2. The molecule has 2 aliphatic heterocycles. The molecule has 0 spiro atoms. The van der Waals surface area contributed by atoms with Gasteiger partial charge in [0, 0.05) is 57.8 Å². The van der Waals surface area contributed by atoms with Crippen LogP contribution in [0.5, 0.6) is 0 Å². The van der Waals surface area contributed by atoms with Gasteiger partial charge in [0.1, 0.15) is 0 Å². The Morgan fingerprint density at radius 3 is 1.42 bits per heavy atom. The molecule has 0 aromatic heterocycles. The molecule has 4 aliphatic rings. The number of fused-ring (bicyclic) bond motifs is 4. The first-order valence-electron chi connectivity index (χ1n) is 16.4. The lowest BCUT2D eigenvalue weighted by Crippen LogP contribution is -2.33. The number of rotatable bonds is 4. The molecule has 2 aliphatic carbocycles. The Hall–Kier alpha value is -4.04. The van der Waals surface area contributed by atoms with Crippen LogP contribution in [0, 0.1) is 0 Å². The van der Waals surface area contributed by atoms with Crippen LogP contribution < -0.4 is 9.80 Å². The van der Waals surface area contributed by atoms with E-state index in [1.54, 1.807) is 0 Å². The summed E-state index contributed by atoms with van der Waals surface area (Å²) in [6.45, 7) is 9.50. The molecule has 4 aromatic carbocycles. The molecule has 0 amide bonds. The van der Waals surface area contributed by atoms with E-state index in [1.165, 1.54) is 80.1 Å². The summed E-state index contributed by atoms with van der Waals surface area (Å²) in [4.78, 5) is 5.23. The minimum absolute atomic E-state index is 0.433. The van der Waals surface area contributed by atoms with Crippen LogP contribution in [-0.2, 0) is 12.8 Å². The molecular formula is C41H42N2. The molecule has 4 atom stereocenters. The fraction of sp³-hybridized carbons (Fsp3) is 0.317. The minimum atomic E-state index is 0.433. The Morgan fingerprint density at radius 1 is 0.535 bits per heavy atom. The van der Waals surface area contributed by atoms with Gasteiger partial charge in [0.05, 0.1) is 0 Å². The summed E-state index contributed by atoms with van der Waals surface area (Å²) in [6, 6.07) is 33.1. The van der Waals surface area contributed by atoms with Crippen LogP contribution in [0.15, 0.2) is 96.1 Å². The average molecular weight is 563 g/mol. The third kappa shape index (κ3) is 4.21. The molecule has 2 nitrogen and oxygen atoms in total. The van der Waals surface area contributed by atoms with Gasteiger partial charge < -0.3 is 9.80 Å². The van der Waals surface area contributed by atoms with Crippen molar-refractivity contribution in [3.05, 3.63) is 129 Å². The van der Waals surface area contributed by atoms with E-state index in [9.17, 15) is 0 Å². The van der Waals surface area contributed by atoms with E-state index in [0.29, 0.717) is 23.9 Å². The summed E-state index contributed by atoms with van der Waals surface area (Å²) in [6.07, 6.45) is 10.8. The van der Waals surface area contributed by atoms with Crippen LogP contribution in [0.3, 0.4) is 0 Å². The summed E-state index contributed by atoms with van der Waals surface area (Å²) in [5.41, 5.74) is 17.3. The molecule has 0 saturated carbocycles. The fourth-order valence-electron chi connectivity index (χ4n) is 8.60. The maximum Gasteiger partial charge on any atom is 0.0489 e. The summed E-state index contributed by atoms with van der Waals surface area (Å²) < 4.78 is 0. The van der Waals surface area contributed by atoms with E-state index in [2.05, 4.69) is 135 Å². The molecule has 0 bridgehead atoms. The maximum absolute atomic E-state index is 2.61. The number of allylic oxidation sites excluding steroid dienone is 2. The second kappa shape index (κ2) is 10.3. The Labute approximate surface area is 257 Å². The lowest BCUT2D eigenvalue weighted by Gasteiger charge is -2.38. The molecule has 0 fully saturated rings. The molecule has 0 saturated heterocycles. The number of hydrogen-bond donors (Lipinski definition) is 0. The van der Waals surface area contributed by atoms with Gasteiger partial charge in [-0.2, -0.15) is 0 Å². The number of anilines is 4. The topological polar surface area (TPSA) is 6.48 Å². The van der Waals surface area contributed by atoms with Crippen molar-refractivity contribution in [1.82, 2.24) is 0 Å². The Bertz CT molecular complexity index is 1660. The molecule has 4 unspecified atom stereocenters. The SMILES string of the molecule is CC1=Cc2c(cccc2N2c3ccccc3CCC2C)C1CC1C(C)=Cc2c1cccc2N1c2ccccc2CCC1C. The quantitative estimate of drug-likeness (QED) is 0.244. The standard InChI is InChI=1S/C41H42N2/c1-26-23-36-32(13-9-17-40(36)42-28(3)19-21-30-11-5-7-15-38(30)42)34(26)25-35-27(2)24-37-33(35)14-10-18-41(37)43-29(4)20-22-31-12-6-8-16-39(31)43/h5-18,23-24,28-29,34-35H,19-22,25H2,1-4H3. The molecule has 2 heteroatoms. The van der Waals surface area contributed by atoms with Gasteiger partial charge in [0.2, 0.25) is 0 Å². The van der Waals surface area contributed by atoms with Crippen LogP contribution in [-0.4, -0.2) is 12.1 Å². The van der Waals surface area contributed by atoms with E-state index in [1.807, 2.05) is 0 Å². The zero-order valence-electron chi connectivity index (χ0n) is 26.0. The predicted molar refractivity (Wildman–Crippen MR) is 183 cm³/mol. The van der Waals surface area contributed by atoms with Gasteiger partial charge in [-0.1, -0.05) is 84.0 Å². The Morgan fingerprint density at radius 2 is 0.953 bits per heavy atom. The van der Waals surface area contributed by atoms with Crippen LogP contribution in [0.25, 0.3) is 12.2 Å². The van der Waals surface area contributed by atoms with E-state index in [0.717, 1.165) is 19.3 Å². The van der Waals surface area contributed by atoms with Gasteiger partial charge in [-0.15, -0.1) is 0 Å². The summed E-state index contributed by atoms with van der Waals surface area (Å²) in [7, 11) is 0. The highest BCUT2D eigenvalue weighted by atomic mass is 15.2. The monoisotopic (exact) mass is 562 g/mol. The first kappa shape index (κ1) is 26.6. The predicted octanol–water partition coefficient (Wildman–Crippen LogP) is 10.7. The Balaban J connectivity index is 1.15. The van der Waals surface area contributed by atoms with Gasteiger partial charge in [-0.05, 0) is 106 Å². The van der Waals surface area contributed by atoms with E-state index >= 15 is 0 Å². The molecule has 0 radical (unpaired) electrons. The van der Waals surface area contributed by atoms with Gasteiger partial charge in [0.15, 0.2) is 0 Å². The van der Waals surface area contributed by atoms with Crippen molar-refractivity contribution < 1.29 is 0 Å². The summed E-state index contributed by atoms with van der Waals surface area (Å²) >= 11 is 0. The van der Waals surface area contributed by atoms with Crippen molar-refractivity contribution in [1.29, 1.82) is 0 Å². The zero-order chi connectivity index (χ0) is 29.2. The highest BCUT2D eigenvalue weighted by Crippen LogP contribution is 2.52. The van der Waals surface area contributed by atoms with E-state index in [4.69, 9.17) is 0 Å². The highest BCUT2D eigenvalue weighted by Gasteiger charge is 2.35. The number of benzene rings is 4. The van der Waals surface area contributed by atoms with Gasteiger partial charge in [0.25, 0.3) is 0 Å². The smallest absolute Gasteiger partial charge is 0.0489 e. The Kier molecular flexibility index (Phi) is 6.37. The third-order valence-electron chi connectivity index (χ3n) is 10.9. The first-order valence-corrected chi connectivity index (χ1v) is 16.4. The molecular weight excluding hydrogens is 520 g/mol. The lowest BCUT2D eigenvalue weighted by molar-refractivity contribution is 0.615. The van der Waals surface area contributed by atoms with Crippen molar-refractivity contribution in [2.75, 3.05) is 9.80 Å². The van der Waals surface area contributed by atoms with Crippen LogP contribution in [0.2, 0.25) is 0 Å². The van der Waals surface area contributed by atoms with Crippen molar-refractivity contribution >= 4 is 34.9 Å². The molecule has 4 aromatic rings. The molecule has 2 heterocycles. The summed E-state index contributed by atoms with van der Waals surface area (Å²) in [5.74, 6) is 0.866. The third-order valence-corrected chi connectivity index (χ3v) is 10.9. The van der Waals surface area contributed by atoms with Gasteiger partial charge in [-0.3, -0.25) is 0 Å². The van der Waals surface area contributed by atoms with Crippen LogP contribution in [0.4, 0.5) is 22.7 Å². The molecule has 216 valence electrons. The first-order chi connectivity index (χ1) is 21.0. The van der Waals surface area contributed by atoms with E-state index < -0.39 is 0 Å². The lowest BCUT2D eigenvalue weighted by atomic mass is 9.82. The second-order valence-corrected chi connectivity index (χ2v) is 13.5. The molecule has 43 heavy (non-hydrogen) atoms.